The minimum absolute atomic E-state index is 0.0344. The van der Waals surface area contributed by atoms with Crippen LogP contribution < -0.4 is 4.74 Å². The fourth-order valence-corrected chi connectivity index (χ4v) is 3.26. The highest BCUT2D eigenvalue weighted by atomic mass is 16.7. The van der Waals surface area contributed by atoms with Crippen LogP contribution in [0.3, 0.4) is 0 Å². The highest BCUT2D eigenvalue weighted by Gasteiger charge is 2.51. The van der Waals surface area contributed by atoms with E-state index in [2.05, 4.69) is 0 Å². The third-order valence-corrected chi connectivity index (χ3v) is 5.29. The van der Waals surface area contributed by atoms with Gasteiger partial charge in [0.15, 0.2) is 29.7 Å². The lowest BCUT2D eigenvalue weighted by Gasteiger charge is -2.38. The van der Waals surface area contributed by atoms with Crippen molar-refractivity contribution in [2.75, 3.05) is 26.9 Å². The Hall–Kier alpha value is -2.07. The molecule has 13 heteroatoms. The van der Waals surface area contributed by atoms with Crippen LogP contribution in [0.15, 0.2) is 18.2 Å². The third kappa shape index (κ3) is 4.96. The van der Waals surface area contributed by atoms with Gasteiger partial charge in [-0.1, -0.05) is 0 Å². The maximum Gasteiger partial charge on any atom is 0.338 e. The molecular weight excluding hydrogens is 436 g/mol. The Kier molecular flexibility index (Phi) is 7.54. The number of phenols is 1. The lowest BCUT2D eigenvalue weighted by molar-refractivity contribution is -0.297. The molecule has 1 aromatic carbocycles. The van der Waals surface area contributed by atoms with E-state index in [4.69, 9.17) is 23.7 Å². The number of aromatic hydroxyl groups is 1. The molecule has 0 aromatic heterocycles. The summed E-state index contributed by atoms with van der Waals surface area (Å²) in [5.74, 6) is -0.983. The molecule has 32 heavy (non-hydrogen) atoms. The zero-order chi connectivity index (χ0) is 23.6. The van der Waals surface area contributed by atoms with Gasteiger partial charge in [0.2, 0.25) is 0 Å². The summed E-state index contributed by atoms with van der Waals surface area (Å²) in [6, 6.07) is 3.76. The normalized spacial score (nSPS) is 37.3. The first-order valence-corrected chi connectivity index (χ1v) is 9.63. The van der Waals surface area contributed by atoms with Crippen molar-refractivity contribution in [3.05, 3.63) is 23.8 Å². The van der Waals surface area contributed by atoms with Gasteiger partial charge in [-0.05, 0) is 18.2 Å². The fourth-order valence-electron chi connectivity index (χ4n) is 3.26. The quantitative estimate of drug-likeness (QED) is 0.200. The second-order valence-corrected chi connectivity index (χ2v) is 7.56. The van der Waals surface area contributed by atoms with Crippen LogP contribution in [0.2, 0.25) is 0 Å². The molecule has 13 nitrogen and oxygen atoms in total. The molecule has 0 radical (unpaired) electrons. The van der Waals surface area contributed by atoms with Crippen molar-refractivity contribution in [2.45, 2.75) is 48.7 Å². The molecule has 3 rings (SSSR count). The van der Waals surface area contributed by atoms with Crippen LogP contribution in [0.5, 0.6) is 11.5 Å². The van der Waals surface area contributed by atoms with Crippen LogP contribution in [0.4, 0.5) is 0 Å². The Balaban J connectivity index is 1.53. The number of phenolic OH excluding ortho intramolecular Hbond substituents is 1. The zero-order valence-corrected chi connectivity index (χ0v) is 17.0. The average molecular weight is 462 g/mol. The molecule has 0 saturated carbocycles. The standard InChI is InChI=1S/C19H26O13/c1-28-10-4-8(2-3-9(10)20)16(25)30-6-19(27)7-31-18(15(19)24)29-5-11-12(21)13(22)14(23)17(26)32-11/h2-4,11-15,17-18,20-24,26-27H,5-7H2,1H3/t11-,12-,13+,14-,15+,17-,18-,19-/m1/s1. The molecular formula is C19H26O13. The van der Waals surface area contributed by atoms with Crippen molar-refractivity contribution in [2.24, 2.45) is 0 Å². The summed E-state index contributed by atoms with van der Waals surface area (Å²) in [5.41, 5.74) is -1.98. The molecule has 8 atom stereocenters. The molecule has 0 unspecified atom stereocenters. The second-order valence-electron chi connectivity index (χ2n) is 7.56. The second kappa shape index (κ2) is 9.82. The van der Waals surface area contributed by atoms with Crippen LogP contribution in [-0.2, 0) is 18.9 Å². The monoisotopic (exact) mass is 462 g/mol. The van der Waals surface area contributed by atoms with E-state index in [9.17, 15) is 40.5 Å². The number of aliphatic hydroxyl groups is 6. The first-order valence-electron chi connectivity index (χ1n) is 9.63. The highest BCUT2D eigenvalue weighted by molar-refractivity contribution is 5.90. The number of aliphatic hydroxyl groups excluding tert-OH is 5. The predicted octanol–water partition coefficient (Wildman–Crippen LogP) is -3.18. The van der Waals surface area contributed by atoms with E-state index in [-0.39, 0.29) is 17.1 Å². The van der Waals surface area contributed by atoms with Gasteiger partial charge in [0.25, 0.3) is 0 Å². The Morgan fingerprint density at radius 3 is 2.56 bits per heavy atom. The number of hydrogen-bond donors (Lipinski definition) is 7. The van der Waals surface area contributed by atoms with Crippen molar-refractivity contribution in [1.82, 2.24) is 0 Å². The number of carbonyl (C=O) groups is 1. The summed E-state index contributed by atoms with van der Waals surface area (Å²) in [6.45, 7) is -1.57. The Morgan fingerprint density at radius 2 is 1.88 bits per heavy atom. The Labute approximate surface area is 181 Å². The van der Waals surface area contributed by atoms with Crippen LogP contribution in [0.25, 0.3) is 0 Å². The Morgan fingerprint density at radius 1 is 1.16 bits per heavy atom. The van der Waals surface area contributed by atoms with E-state index in [0.717, 1.165) is 0 Å². The number of hydrogen-bond acceptors (Lipinski definition) is 13. The fraction of sp³-hybridized carbons (Fsp3) is 0.632. The molecule has 180 valence electrons. The Bertz CT molecular complexity index is 803. The molecule has 0 bridgehead atoms. The maximum atomic E-state index is 12.2. The van der Waals surface area contributed by atoms with E-state index in [1.165, 1.54) is 25.3 Å². The summed E-state index contributed by atoms with van der Waals surface area (Å²) >= 11 is 0. The van der Waals surface area contributed by atoms with Gasteiger partial charge in [-0.15, -0.1) is 0 Å². The van der Waals surface area contributed by atoms with Gasteiger partial charge < -0.3 is 59.4 Å². The molecule has 7 N–H and O–H groups in total. The molecule has 0 amide bonds. The summed E-state index contributed by atoms with van der Waals surface area (Å²) in [5, 5.41) is 69.1. The van der Waals surface area contributed by atoms with Crippen molar-refractivity contribution in [3.63, 3.8) is 0 Å². The SMILES string of the molecule is COc1cc(C(=O)OC[C@@]2(O)CO[C@@H](OC[C@H]3O[C@@H](O)[C@H](O)[C@@H](O)[C@@H]3O)[C@@H]2O)ccc1O. The minimum Gasteiger partial charge on any atom is -0.504 e. The number of ether oxygens (including phenoxy) is 5. The number of esters is 1. The molecule has 2 aliphatic heterocycles. The molecule has 2 fully saturated rings. The van der Waals surface area contributed by atoms with Gasteiger partial charge in [-0.3, -0.25) is 0 Å². The van der Waals surface area contributed by atoms with Crippen molar-refractivity contribution < 1.29 is 64.2 Å². The number of rotatable bonds is 7. The molecule has 2 aliphatic rings. The summed E-state index contributed by atoms with van der Waals surface area (Å²) in [4.78, 5) is 12.2. The largest absolute Gasteiger partial charge is 0.504 e. The predicted molar refractivity (Wildman–Crippen MR) is 100 cm³/mol. The molecule has 2 saturated heterocycles. The van der Waals surface area contributed by atoms with Gasteiger partial charge in [0.1, 0.15) is 37.1 Å². The molecule has 0 spiro atoms. The lowest BCUT2D eigenvalue weighted by atomic mass is 9.99. The molecule has 2 heterocycles. The minimum atomic E-state index is -2.01. The van der Waals surface area contributed by atoms with Crippen molar-refractivity contribution >= 4 is 5.97 Å². The summed E-state index contributed by atoms with van der Waals surface area (Å²) < 4.78 is 25.4. The first-order chi connectivity index (χ1) is 15.1. The number of carbonyl (C=O) groups excluding carboxylic acids is 1. The third-order valence-electron chi connectivity index (χ3n) is 5.29. The van der Waals surface area contributed by atoms with Gasteiger partial charge in [0.05, 0.1) is 25.9 Å². The molecule has 0 aliphatic carbocycles. The summed E-state index contributed by atoms with van der Waals surface area (Å²) in [7, 11) is 1.31. The summed E-state index contributed by atoms with van der Waals surface area (Å²) in [6.07, 6.45) is -11.1. The van der Waals surface area contributed by atoms with Gasteiger partial charge in [-0.25, -0.2) is 4.79 Å². The average Bonchev–Trinajstić information content (AvgIpc) is 3.06. The topological polar surface area (TPSA) is 205 Å². The van der Waals surface area contributed by atoms with Crippen molar-refractivity contribution in [3.8, 4) is 11.5 Å². The van der Waals surface area contributed by atoms with Gasteiger partial charge >= 0.3 is 5.97 Å². The van der Waals surface area contributed by atoms with E-state index >= 15 is 0 Å². The van der Waals surface area contributed by atoms with E-state index in [1.54, 1.807) is 0 Å². The zero-order valence-electron chi connectivity index (χ0n) is 17.0. The van der Waals surface area contributed by atoms with Crippen molar-refractivity contribution in [1.29, 1.82) is 0 Å². The van der Waals surface area contributed by atoms with Crippen LogP contribution in [0.1, 0.15) is 10.4 Å². The lowest BCUT2D eigenvalue weighted by Crippen LogP contribution is -2.59. The van der Waals surface area contributed by atoms with E-state index in [0.29, 0.717) is 0 Å². The number of methoxy groups -OCH3 is 1. The van der Waals surface area contributed by atoms with Crippen LogP contribution in [0, 0.1) is 0 Å². The van der Waals surface area contributed by atoms with Crippen LogP contribution in [-0.4, -0.2) is 117 Å². The van der Waals surface area contributed by atoms with E-state index < -0.39 is 74.5 Å². The highest BCUT2D eigenvalue weighted by Crippen LogP contribution is 2.29. The maximum absolute atomic E-state index is 12.2. The van der Waals surface area contributed by atoms with Gasteiger partial charge in [0, 0.05) is 0 Å². The van der Waals surface area contributed by atoms with Crippen LogP contribution >= 0.6 is 0 Å². The smallest absolute Gasteiger partial charge is 0.338 e. The number of benzene rings is 1. The molecule has 1 aromatic rings. The first kappa shape index (κ1) is 24.6. The van der Waals surface area contributed by atoms with E-state index in [1.807, 2.05) is 0 Å². The van der Waals surface area contributed by atoms with Gasteiger partial charge in [-0.2, -0.15) is 0 Å².